The molecule has 0 unspecified atom stereocenters. The third-order valence-electron chi connectivity index (χ3n) is 3.92. The first-order valence-electron chi connectivity index (χ1n) is 7.93. The van der Waals surface area contributed by atoms with Crippen LogP contribution in [-0.4, -0.2) is 35.1 Å². The first-order chi connectivity index (χ1) is 12.1. The number of nitrogens with zero attached hydrogens (tertiary/aromatic N) is 4. The van der Waals surface area contributed by atoms with Gasteiger partial charge in [-0.3, -0.25) is 19.9 Å². The summed E-state index contributed by atoms with van der Waals surface area (Å²) in [6.45, 7) is 1.66. The zero-order valence-corrected chi connectivity index (χ0v) is 13.5. The number of nitro groups is 1. The molecule has 0 atom stereocenters. The number of hydrogen-bond acceptors (Lipinski definition) is 6. The lowest BCUT2D eigenvalue weighted by Gasteiger charge is -2.17. The van der Waals surface area contributed by atoms with Crippen LogP contribution in [0.4, 0.5) is 11.4 Å². The highest BCUT2D eigenvalue weighted by Gasteiger charge is 2.22. The van der Waals surface area contributed by atoms with Crippen LogP contribution < -0.4 is 10.3 Å². The fourth-order valence-corrected chi connectivity index (χ4v) is 2.71. The first-order valence-corrected chi connectivity index (χ1v) is 7.93. The molecule has 1 saturated heterocycles. The highest BCUT2D eigenvalue weighted by atomic mass is 16.6. The van der Waals surface area contributed by atoms with Gasteiger partial charge in [-0.05, 0) is 31.0 Å². The van der Waals surface area contributed by atoms with Crippen LogP contribution in [0, 0.1) is 10.1 Å². The number of amides is 1. The Balaban J connectivity index is 1.73. The van der Waals surface area contributed by atoms with E-state index in [0.29, 0.717) is 11.3 Å². The van der Waals surface area contributed by atoms with Crippen molar-refractivity contribution in [2.24, 2.45) is 5.10 Å². The SMILES string of the molecule is O=C(N/N=C\c1ccc(N2CCCC2)c([N+](=O)[O-])c1)c1ccccn1. The number of rotatable bonds is 5. The molecular weight excluding hydrogens is 322 g/mol. The molecule has 1 aromatic heterocycles. The number of hydrazone groups is 1. The molecule has 0 aliphatic carbocycles. The van der Waals surface area contributed by atoms with Crippen molar-refractivity contribution in [2.75, 3.05) is 18.0 Å². The Morgan fingerprint density at radius 1 is 1.28 bits per heavy atom. The van der Waals surface area contributed by atoms with Crippen molar-refractivity contribution in [3.8, 4) is 0 Å². The molecule has 128 valence electrons. The van der Waals surface area contributed by atoms with Gasteiger partial charge in [-0.15, -0.1) is 0 Å². The Bertz CT molecular complexity index is 801. The Hall–Kier alpha value is -3.29. The maximum absolute atomic E-state index is 11.8. The fourth-order valence-electron chi connectivity index (χ4n) is 2.71. The van der Waals surface area contributed by atoms with E-state index in [2.05, 4.69) is 15.5 Å². The van der Waals surface area contributed by atoms with Crippen LogP contribution in [0.2, 0.25) is 0 Å². The van der Waals surface area contributed by atoms with Crippen molar-refractivity contribution in [1.82, 2.24) is 10.4 Å². The van der Waals surface area contributed by atoms with Crippen LogP contribution in [0.1, 0.15) is 28.9 Å². The highest BCUT2D eigenvalue weighted by molar-refractivity contribution is 5.93. The summed E-state index contributed by atoms with van der Waals surface area (Å²) in [5.41, 5.74) is 3.80. The molecular formula is C17H17N5O3. The minimum atomic E-state index is -0.444. The summed E-state index contributed by atoms with van der Waals surface area (Å²) < 4.78 is 0. The second-order valence-corrected chi connectivity index (χ2v) is 5.61. The third-order valence-corrected chi connectivity index (χ3v) is 3.92. The smallest absolute Gasteiger partial charge is 0.293 e. The molecule has 2 aromatic rings. The van der Waals surface area contributed by atoms with Crippen molar-refractivity contribution in [2.45, 2.75) is 12.8 Å². The summed E-state index contributed by atoms with van der Waals surface area (Å²) in [6, 6.07) is 9.92. The van der Waals surface area contributed by atoms with Crippen LogP contribution in [0.5, 0.6) is 0 Å². The molecule has 1 amide bonds. The molecule has 3 rings (SSSR count). The van der Waals surface area contributed by atoms with Crippen LogP contribution in [0.3, 0.4) is 0 Å². The van der Waals surface area contributed by atoms with Gasteiger partial charge in [0, 0.05) is 30.9 Å². The number of carbonyl (C=O) groups excluding carboxylic acids is 1. The van der Waals surface area contributed by atoms with E-state index in [1.807, 2.05) is 4.90 Å². The van der Waals surface area contributed by atoms with E-state index in [4.69, 9.17) is 0 Å². The van der Waals surface area contributed by atoms with Crippen LogP contribution in [-0.2, 0) is 0 Å². The van der Waals surface area contributed by atoms with Gasteiger partial charge in [0.1, 0.15) is 11.4 Å². The molecule has 1 aromatic carbocycles. The van der Waals surface area contributed by atoms with Gasteiger partial charge in [-0.1, -0.05) is 12.1 Å². The summed E-state index contributed by atoms with van der Waals surface area (Å²) in [7, 11) is 0. The number of benzene rings is 1. The number of nitrogens with one attached hydrogen (secondary N) is 1. The highest BCUT2D eigenvalue weighted by Crippen LogP contribution is 2.31. The van der Waals surface area contributed by atoms with Gasteiger partial charge in [0.25, 0.3) is 11.6 Å². The van der Waals surface area contributed by atoms with Crippen LogP contribution in [0.25, 0.3) is 0 Å². The normalized spacial score (nSPS) is 14.0. The summed E-state index contributed by atoms with van der Waals surface area (Å²) in [5, 5.41) is 15.2. The number of aromatic nitrogens is 1. The second-order valence-electron chi connectivity index (χ2n) is 5.61. The second kappa shape index (κ2) is 7.52. The lowest BCUT2D eigenvalue weighted by atomic mass is 10.1. The zero-order chi connectivity index (χ0) is 17.6. The predicted octanol–water partition coefficient (Wildman–Crippen LogP) is 2.35. The van der Waals surface area contributed by atoms with Crippen LogP contribution >= 0.6 is 0 Å². The summed E-state index contributed by atoms with van der Waals surface area (Å²) >= 11 is 0. The number of anilines is 1. The zero-order valence-electron chi connectivity index (χ0n) is 13.5. The maximum atomic E-state index is 11.8. The van der Waals surface area contributed by atoms with Crippen molar-refractivity contribution in [3.63, 3.8) is 0 Å². The van der Waals surface area contributed by atoms with Crippen molar-refractivity contribution >= 4 is 23.5 Å². The van der Waals surface area contributed by atoms with Gasteiger partial charge >= 0.3 is 0 Å². The molecule has 25 heavy (non-hydrogen) atoms. The monoisotopic (exact) mass is 339 g/mol. The van der Waals surface area contributed by atoms with Crippen molar-refractivity contribution in [1.29, 1.82) is 0 Å². The van der Waals surface area contributed by atoms with E-state index in [0.717, 1.165) is 25.9 Å². The molecule has 0 bridgehead atoms. The number of pyridine rings is 1. The van der Waals surface area contributed by atoms with E-state index < -0.39 is 10.8 Å². The number of nitro benzene ring substituents is 1. The van der Waals surface area contributed by atoms with E-state index in [1.54, 1.807) is 30.3 Å². The van der Waals surface area contributed by atoms with Gasteiger partial charge in [0.15, 0.2) is 0 Å². The van der Waals surface area contributed by atoms with E-state index >= 15 is 0 Å². The molecule has 8 heteroatoms. The Kier molecular flexibility index (Phi) is 4.98. The molecule has 8 nitrogen and oxygen atoms in total. The topological polar surface area (TPSA) is 101 Å². The minimum Gasteiger partial charge on any atom is -0.366 e. The molecule has 1 aliphatic rings. The maximum Gasteiger partial charge on any atom is 0.293 e. The average Bonchev–Trinajstić information content (AvgIpc) is 3.16. The predicted molar refractivity (Wildman–Crippen MR) is 93.8 cm³/mol. The van der Waals surface area contributed by atoms with Gasteiger partial charge in [0.2, 0.25) is 0 Å². The van der Waals surface area contributed by atoms with Crippen molar-refractivity contribution in [3.05, 3.63) is 64.0 Å². The lowest BCUT2D eigenvalue weighted by molar-refractivity contribution is -0.384. The standard InChI is InChI=1S/C17H17N5O3/c23-17(14-5-1-2-8-18-14)20-19-12-13-6-7-15(16(11-13)22(24)25)21-9-3-4-10-21/h1-2,5-8,11-12H,3-4,9-10H2,(H,20,23)/b19-12-. The van der Waals surface area contributed by atoms with Crippen LogP contribution in [0.15, 0.2) is 47.7 Å². The summed E-state index contributed by atoms with van der Waals surface area (Å²) in [6.07, 6.45) is 4.97. The summed E-state index contributed by atoms with van der Waals surface area (Å²) in [5.74, 6) is -0.444. The number of carbonyl (C=O) groups is 1. The Morgan fingerprint density at radius 2 is 2.08 bits per heavy atom. The molecule has 1 N–H and O–H groups in total. The molecule has 0 spiro atoms. The molecule has 1 aliphatic heterocycles. The van der Waals surface area contributed by atoms with Gasteiger partial charge in [0.05, 0.1) is 11.1 Å². The average molecular weight is 339 g/mol. The lowest BCUT2D eigenvalue weighted by Crippen LogP contribution is -2.19. The van der Waals surface area contributed by atoms with Gasteiger partial charge in [-0.25, -0.2) is 5.43 Å². The quantitative estimate of drug-likeness (QED) is 0.512. The summed E-state index contributed by atoms with van der Waals surface area (Å²) in [4.78, 5) is 28.7. The molecule has 2 heterocycles. The molecule has 1 fully saturated rings. The largest absolute Gasteiger partial charge is 0.366 e. The van der Waals surface area contributed by atoms with E-state index in [-0.39, 0.29) is 11.4 Å². The third kappa shape index (κ3) is 3.97. The minimum absolute atomic E-state index is 0.0434. The van der Waals surface area contributed by atoms with Crippen molar-refractivity contribution < 1.29 is 9.72 Å². The first kappa shape index (κ1) is 16.6. The van der Waals surface area contributed by atoms with E-state index in [9.17, 15) is 14.9 Å². The molecule has 0 radical (unpaired) electrons. The Morgan fingerprint density at radius 3 is 2.76 bits per heavy atom. The van der Waals surface area contributed by atoms with Gasteiger partial charge < -0.3 is 4.90 Å². The molecule has 0 saturated carbocycles. The number of hydrogen-bond donors (Lipinski definition) is 1. The van der Waals surface area contributed by atoms with Gasteiger partial charge in [-0.2, -0.15) is 5.10 Å². The fraction of sp³-hybridized carbons (Fsp3) is 0.235. The Labute approximate surface area is 144 Å². The van der Waals surface area contributed by atoms with E-state index in [1.165, 1.54) is 18.5 Å².